The number of furan rings is 1. The number of hydrogen-bond acceptors (Lipinski definition) is 7. The van der Waals surface area contributed by atoms with Crippen LogP contribution in [0.4, 0.5) is 0 Å². The summed E-state index contributed by atoms with van der Waals surface area (Å²) in [5, 5.41) is 11.1. The number of aliphatic hydroxyl groups is 1. The number of Topliss-reactive ketones (excluding diaryl/α,β-unsaturated/α-hetero) is 1. The molecule has 1 aliphatic rings. The van der Waals surface area contributed by atoms with Crippen molar-refractivity contribution in [3.05, 3.63) is 95.0 Å². The number of methoxy groups -OCH3 is 1. The Hall–Kier alpha value is -4.33. The van der Waals surface area contributed by atoms with Gasteiger partial charge in [-0.25, -0.2) is 4.79 Å². The molecule has 1 saturated heterocycles. The summed E-state index contributed by atoms with van der Waals surface area (Å²) in [6, 6.07) is 15.5. The molecule has 34 heavy (non-hydrogen) atoms. The van der Waals surface area contributed by atoms with Crippen LogP contribution in [0.1, 0.15) is 40.2 Å². The molecule has 1 aliphatic heterocycles. The van der Waals surface area contributed by atoms with E-state index in [9.17, 15) is 19.5 Å². The van der Waals surface area contributed by atoms with E-state index in [0.29, 0.717) is 34.8 Å². The largest absolute Gasteiger partial charge is 0.507 e. The van der Waals surface area contributed by atoms with Gasteiger partial charge in [0.25, 0.3) is 11.7 Å². The molecule has 0 bridgehead atoms. The molecule has 1 N–H and O–H groups in total. The van der Waals surface area contributed by atoms with E-state index in [4.69, 9.17) is 13.9 Å². The second kappa shape index (κ2) is 9.66. The molecule has 1 aromatic heterocycles. The molecule has 174 valence electrons. The van der Waals surface area contributed by atoms with Crippen molar-refractivity contribution in [2.75, 3.05) is 13.7 Å². The number of ketones is 1. The maximum absolute atomic E-state index is 13.1. The van der Waals surface area contributed by atoms with E-state index in [-0.39, 0.29) is 17.9 Å². The minimum Gasteiger partial charge on any atom is -0.507 e. The van der Waals surface area contributed by atoms with Crippen LogP contribution in [-0.2, 0) is 20.9 Å². The van der Waals surface area contributed by atoms with Gasteiger partial charge >= 0.3 is 5.97 Å². The molecule has 1 unspecified atom stereocenters. The molecule has 0 spiro atoms. The van der Waals surface area contributed by atoms with Gasteiger partial charge in [0, 0.05) is 5.56 Å². The summed E-state index contributed by atoms with van der Waals surface area (Å²) < 4.78 is 15.6. The van der Waals surface area contributed by atoms with Gasteiger partial charge in [-0.2, -0.15) is 0 Å². The second-order valence-corrected chi connectivity index (χ2v) is 7.58. The number of likely N-dealkylation sites (tertiary alicyclic amines) is 1. The maximum Gasteiger partial charge on any atom is 0.337 e. The number of rotatable bonds is 7. The molecule has 0 aliphatic carbocycles. The molecule has 3 aromatic rings. The first-order valence-corrected chi connectivity index (χ1v) is 10.7. The Morgan fingerprint density at radius 1 is 1.03 bits per heavy atom. The van der Waals surface area contributed by atoms with E-state index in [2.05, 4.69) is 0 Å². The van der Waals surface area contributed by atoms with Crippen LogP contribution in [0.25, 0.3) is 5.76 Å². The van der Waals surface area contributed by atoms with Crippen molar-refractivity contribution < 1.29 is 33.4 Å². The maximum atomic E-state index is 13.1. The standard InChI is InChI=1S/C26H23NO7/c1-3-33-19-12-10-17(11-13-19)23(28)21-22(16-6-8-18(9-7-16)26(31)32-2)27(25(30)24(21)29)15-20-5-4-14-34-20/h4-14,22,28H,3,15H2,1-2H3/b23-21+. The van der Waals surface area contributed by atoms with Crippen LogP contribution in [0, 0.1) is 0 Å². The number of amides is 1. The van der Waals surface area contributed by atoms with E-state index in [1.165, 1.54) is 18.3 Å². The Kier molecular flexibility index (Phi) is 6.49. The highest BCUT2D eigenvalue weighted by Gasteiger charge is 2.46. The van der Waals surface area contributed by atoms with E-state index in [1.54, 1.807) is 60.7 Å². The van der Waals surface area contributed by atoms with Gasteiger partial charge in [-0.1, -0.05) is 12.1 Å². The summed E-state index contributed by atoms with van der Waals surface area (Å²) in [6.07, 6.45) is 1.48. The minimum atomic E-state index is -0.886. The predicted molar refractivity (Wildman–Crippen MR) is 122 cm³/mol. The highest BCUT2D eigenvalue weighted by Crippen LogP contribution is 2.40. The van der Waals surface area contributed by atoms with Crippen molar-refractivity contribution >= 4 is 23.4 Å². The zero-order valence-corrected chi connectivity index (χ0v) is 18.7. The Morgan fingerprint density at radius 3 is 2.29 bits per heavy atom. The highest BCUT2D eigenvalue weighted by atomic mass is 16.5. The van der Waals surface area contributed by atoms with E-state index >= 15 is 0 Å². The fraction of sp³-hybridized carbons (Fsp3) is 0.192. The molecule has 1 atom stereocenters. The van der Waals surface area contributed by atoms with Crippen LogP contribution in [0.3, 0.4) is 0 Å². The van der Waals surface area contributed by atoms with Crippen molar-refractivity contribution in [2.24, 2.45) is 0 Å². The molecule has 1 amide bonds. The second-order valence-electron chi connectivity index (χ2n) is 7.58. The van der Waals surface area contributed by atoms with Crippen molar-refractivity contribution in [1.29, 1.82) is 0 Å². The number of aliphatic hydroxyl groups excluding tert-OH is 1. The molecular weight excluding hydrogens is 438 g/mol. The topological polar surface area (TPSA) is 106 Å². The van der Waals surface area contributed by atoms with Crippen LogP contribution < -0.4 is 4.74 Å². The number of benzene rings is 2. The molecule has 2 aromatic carbocycles. The summed E-state index contributed by atoms with van der Waals surface area (Å²) in [7, 11) is 1.28. The first kappa shape index (κ1) is 22.8. The number of hydrogen-bond donors (Lipinski definition) is 1. The van der Waals surface area contributed by atoms with Gasteiger partial charge in [0.05, 0.1) is 43.7 Å². The normalized spacial score (nSPS) is 17.1. The van der Waals surface area contributed by atoms with Crippen LogP contribution in [-0.4, -0.2) is 41.4 Å². The average molecular weight is 461 g/mol. The molecule has 2 heterocycles. The number of carbonyl (C=O) groups is 3. The van der Waals surface area contributed by atoms with Crippen LogP contribution >= 0.6 is 0 Å². The Morgan fingerprint density at radius 2 is 1.71 bits per heavy atom. The number of esters is 1. The Balaban J connectivity index is 1.80. The molecule has 8 heteroatoms. The summed E-state index contributed by atoms with van der Waals surface area (Å²) in [6.45, 7) is 2.38. The molecule has 8 nitrogen and oxygen atoms in total. The predicted octanol–water partition coefficient (Wildman–Crippen LogP) is 4.09. The van der Waals surface area contributed by atoms with Crippen molar-refractivity contribution in [3.63, 3.8) is 0 Å². The minimum absolute atomic E-state index is 0.0288. The van der Waals surface area contributed by atoms with Gasteiger partial charge in [-0.3, -0.25) is 9.59 Å². The third-order valence-corrected chi connectivity index (χ3v) is 5.53. The van der Waals surface area contributed by atoms with Crippen LogP contribution in [0.5, 0.6) is 5.75 Å². The molecule has 0 radical (unpaired) electrons. The Labute approximate surface area is 196 Å². The van der Waals surface area contributed by atoms with Crippen LogP contribution in [0.2, 0.25) is 0 Å². The zero-order chi connectivity index (χ0) is 24.2. The molecular formula is C26H23NO7. The summed E-state index contributed by atoms with van der Waals surface area (Å²) in [4.78, 5) is 39.3. The molecule has 0 saturated carbocycles. The SMILES string of the molecule is CCOc1ccc(/C(O)=C2\C(=O)C(=O)N(Cc3ccco3)C2c2ccc(C(=O)OC)cc2)cc1. The number of ether oxygens (including phenoxy) is 2. The summed E-state index contributed by atoms with van der Waals surface area (Å²) in [5.74, 6) is -1.27. The van der Waals surface area contributed by atoms with Crippen molar-refractivity contribution in [3.8, 4) is 5.75 Å². The van der Waals surface area contributed by atoms with Gasteiger partial charge in [-0.05, 0) is 61.0 Å². The van der Waals surface area contributed by atoms with Crippen LogP contribution in [0.15, 0.2) is 76.9 Å². The fourth-order valence-electron chi connectivity index (χ4n) is 3.91. The van der Waals surface area contributed by atoms with Gasteiger partial charge < -0.3 is 23.9 Å². The molecule has 1 fully saturated rings. The first-order valence-electron chi connectivity index (χ1n) is 10.7. The van der Waals surface area contributed by atoms with Gasteiger partial charge in [0.1, 0.15) is 17.3 Å². The van der Waals surface area contributed by atoms with Crippen molar-refractivity contribution in [2.45, 2.75) is 19.5 Å². The first-order chi connectivity index (χ1) is 16.4. The quantitative estimate of drug-likeness (QED) is 0.244. The van der Waals surface area contributed by atoms with Crippen molar-refractivity contribution in [1.82, 2.24) is 4.90 Å². The van der Waals surface area contributed by atoms with Gasteiger partial charge in [0.15, 0.2) is 0 Å². The van der Waals surface area contributed by atoms with E-state index < -0.39 is 23.7 Å². The van der Waals surface area contributed by atoms with Gasteiger partial charge in [-0.15, -0.1) is 0 Å². The summed E-state index contributed by atoms with van der Waals surface area (Å²) in [5.41, 5.74) is 1.19. The fourth-order valence-corrected chi connectivity index (χ4v) is 3.91. The monoisotopic (exact) mass is 461 g/mol. The number of carbonyl (C=O) groups excluding carboxylic acids is 3. The van der Waals surface area contributed by atoms with E-state index in [0.717, 1.165) is 0 Å². The van der Waals surface area contributed by atoms with Gasteiger partial charge in [0.2, 0.25) is 0 Å². The third-order valence-electron chi connectivity index (χ3n) is 5.53. The lowest BCUT2D eigenvalue weighted by atomic mass is 9.94. The average Bonchev–Trinajstić information content (AvgIpc) is 3.46. The van der Waals surface area contributed by atoms with E-state index in [1.807, 2.05) is 6.92 Å². The summed E-state index contributed by atoms with van der Waals surface area (Å²) >= 11 is 0. The zero-order valence-electron chi connectivity index (χ0n) is 18.7. The third kappa shape index (κ3) is 4.30. The number of nitrogens with zero attached hydrogens (tertiary/aromatic N) is 1. The smallest absolute Gasteiger partial charge is 0.337 e. The molecule has 4 rings (SSSR count). The lowest BCUT2D eigenvalue weighted by Crippen LogP contribution is -2.29. The Bertz CT molecular complexity index is 1230. The highest BCUT2D eigenvalue weighted by molar-refractivity contribution is 6.46. The lowest BCUT2D eigenvalue weighted by Gasteiger charge is -2.24. The lowest BCUT2D eigenvalue weighted by molar-refractivity contribution is -0.140.